The lowest BCUT2D eigenvalue weighted by Gasteiger charge is -2.22. The van der Waals surface area contributed by atoms with Gasteiger partial charge in [0.15, 0.2) is 0 Å². The van der Waals surface area contributed by atoms with Crippen molar-refractivity contribution in [3.05, 3.63) is 63.6 Å². The molecule has 1 N–H and O–H groups in total. The summed E-state index contributed by atoms with van der Waals surface area (Å²) < 4.78 is 0. The molecule has 1 fully saturated rings. The number of likely N-dealkylation sites (tertiary alicyclic amines) is 1. The third kappa shape index (κ3) is 6.14. The zero-order valence-corrected chi connectivity index (χ0v) is 18.5. The smallest absolute Gasteiger partial charge is 0.255 e. The van der Waals surface area contributed by atoms with Crippen LogP contribution in [0, 0.1) is 0 Å². The average molecular weight is 451 g/mol. The zero-order chi connectivity index (χ0) is 20.6. The maximum atomic E-state index is 13.0. The Labute approximate surface area is 185 Å². The van der Waals surface area contributed by atoms with Crippen LogP contribution in [0.4, 0.5) is 5.69 Å². The van der Waals surface area contributed by atoms with Gasteiger partial charge in [0.05, 0.1) is 17.0 Å². The monoisotopic (exact) mass is 450 g/mol. The first-order valence-electron chi connectivity index (χ1n) is 9.75. The molecule has 0 atom stereocenters. The van der Waals surface area contributed by atoms with Crippen molar-refractivity contribution in [3.8, 4) is 0 Å². The number of hydrogen-bond acceptors (Lipinski definition) is 3. The third-order valence-corrected chi connectivity index (χ3v) is 6.53. The van der Waals surface area contributed by atoms with Crippen LogP contribution in [0.3, 0.4) is 0 Å². The molecule has 1 aliphatic heterocycles. The molecule has 0 aliphatic carbocycles. The maximum Gasteiger partial charge on any atom is 0.255 e. The van der Waals surface area contributed by atoms with E-state index in [4.69, 9.17) is 23.2 Å². The topological polar surface area (TPSA) is 49.4 Å². The highest BCUT2D eigenvalue weighted by Gasteiger charge is 2.20. The molecule has 4 nitrogen and oxygen atoms in total. The highest BCUT2D eigenvalue weighted by Crippen LogP contribution is 2.28. The number of nitrogens with zero attached hydrogens (tertiary/aromatic N) is 1. The second-order valence-corrected chi connectivity index (χ2v) is 8.79. The van der Waals surface area contributed by atoms with Crippen molar-refractivity contribution in [2.24, 2.45) is 0 Å². The van der Waals surface area contributed by atoms with Crippen LogP contribution in [-0.2, 0) is 10.5 Å². The first kappa shape index (κ1) is 22.0. The zero-order valence-electron chi connectivity index (χ0n) is 16.1. The van der Waals surface area contributed by atoms with Crippen LogP contribution >= 0.6 is 35.0 Å². The largest absolute Gasteiger partial charge is 0.339 e. The minimum Gasteiger partial charge on any atom is -0.339 e. The van der Waals surface area contributed by atoms with E-state index in [1.54, 1.807) is 30.3 Å². The van der Waals surface area contributed by atoms with Gasteiger partial charge in [0.1, 0.15) is 0 Å². The second-order valence-electron chi connectivity index (χ2n) is 6.99. The van der Waals surface area contributed by atoms with Gasteiger partial charge in [0, 0.05) is 28.9 Å². The van der Waals surface area contributed by atoms with Crippen molar-refractivity contribution in [3.63, 3.8) is 0 Å². The maximum absolute atomic E-state index is 13.0. The van der Waals surface area contributed by atoms with Gasteiger partial charge < -0.3 is 10.2 Å². The van der Waals surface area contributed by atoms with Crippen LogP contribution < -0.4 is 5.32 Å². The van der Waals surface area contributed by atoms with Gasteiger partial charge in [0.25, 0.3) is 5.91 Å². The lowest BCUT2D eigenvalue weighted by molar-refractivity contribution is -0.113. The Morgan fingerprint density at radius 3 is 2.28 bits per heavy atom. The molecule has 1 saturated heterocycles. The summed E-state index contributed by atoms with van der Waals surface area (Å²) in [4.78, 5) is 27.3. The lowest BCUT2D eigenvalue weighted by atomic mass is 10.1. The molecule has 0 unspecified atom stereocenters. The third-order valence-electron chi connectivity index (χ3n) is 4.87. The van der Waals surface area contributed by atoms with E-state index in [2.05, 4.69) is 5.32 Å². The molecule has 2 aromatic carbocycles. The van der Waals surface area contributed by atoms with E-state index in [1.807, 2.05) is 17.0 Å². The Kier molecular flexibility index (Phi) is 8.28. The SMILES string of the molecule is O=C(CSCc1c(Cl)cccc1Cl)Nc1ccccc1C(=O)N1CCCCCC1. The predicted octanol–water partition coefficient (Wildman–Crippen LogP) is 5.88. The number of halogens is 2. The van der Waals surface area contributed by atoms with Crippen molar-refractivity contribution in [2.45, 2.75) is 31.4 Å². The molecule has 0 spiro atoms. The minimum atomic E-state index is -0.158. The van der Waals surface area contributed by atoms with Gasteiger partial charge in [-0.2, -0.15) is 0 Å². The summed E-state index contributed by atoms with van der Waals surface area (Å²) in [5.74, 6) is 0.612. The molecule has 29 heavy (non-hydrogen) atoms. The van der Waals surface area contributed by atoms with Crippen LogP contribution in [-0.4, -0.2) is 35.6 Å². The minimum absolute atomic E-state index is 0.0155. The number of para-hydroxylation sites is 1. The van der Waals surface area contributed by atoms with Crippen molar-refractivity contribution in [2.75, 3.05) is 24.2 Å². The molecular weight excluding hydrogens is 427 g/mol. The lowest BCUT2D eigenvalue weighted by Crippen LogP contribution is -2.32. The van der Waals surface area contributed by atoms with Crippen molar-refractivity contribution >= 4 is 52.5 Å². The highest BCUT2D eigenvalue weighted by atomic mass is 35.5. The fourth-order valence-electron chi connectivity index (χ4n) is 3.33. The van der Waals surface area contributed by atoms with Crippen LogP contribution in [0.5, 0.6) is 0 Å². The first-order chi connectivity index (χ1) is 14.1. The van der Waals surface area contributed by atoms with E-state index in [9.17, 15) is 9.59 Å². The van der Waals surface area contributed by atoms with Crippen LogP contribution in [0.15, 0.2) is 42.5 Å². The molecule has 0 bridgehead atoms. The quantitative estimate of drug-likeness (QED) is 0.597. The van der Waals surface area contributed by atoms with E-state index in [0.717, 1.165) is 44.3 Å². The molecule has 1 heterocycles. The Morgan fingerprint density at radius 1 is 0.931 bits per heavy atom. The molecular formula is C22H24Cl2N2O2S. The fourth-order valence-corrected chi connectivity index (χ4v) is 4.89. The Morgan fingerprint density at radius 2 is 1.59 bits per heavy atom. The summed E-state index contributed by atoms with van der Waals surface area (Å²) in [5.41, 5.74) is 1.93. The van der Waals surface area contributed by atoms with Gasteiger partial charge in [-0.1, -0.05) is 54.2 Å². The number of carbonyl (C=O) groups is 2. The van der Waals surface area contributed by atoms with Gasteiger partial charge in [0.2, 0.25) is 5.91 Å². The molecule has 7 heteroatoms. The van der Waals surface area contributed by atoms with Crippen molar-refractivity contribution in [1.29, 1.82) is 0 Å². The van der Waals surface area contributed by atoms with E-state index >= 15 is 0 Å². The number of thioether (sulfide) groups is 1. The van der Waals surface area contributed by atoms with Gasteiger partial charge in [-0.15, -0.1) is 11.8 Å². The summed E-state index contributed by atoms with van der Waals surface area (Å²) in [7, 11) is 0. The number of rotatable bonds is 6. The molecule has 2 amide bonds. The second kappa shape index (κ2) is 10.9. The molecule has 2 aromatic rings. The summed E-state index contributed by atoms with van der Waals surface area (Å²) in [6.07, 6.45) is 4.38. The average Bonchev–Trinajstić information content (AvgIpc) is 3.00. The van der Waals surface area contributed by atoms with Crippen LogP contribution in [0.1, 0.15) is 41.6 Å². The van der Waals surface area contributed by atoms with E-state index in [1.165, 1.54) is 11.8 Å². The van der Waals surface area contributed by atoms with Gasteiger partial charge in [-0.25, -0.2) is 0 Å². The predicted molar refractivity (Wildman–Crippen MR) is 122 cm³/mol. The van der Waals surface area contributed by atoms with Gasteiger partial charge >= 0.3 is 0 Å². The molecule has 0 aromatic heterocycles. The number of anilines is 1. The van der Waals surface area contributed by atoms with Crippen molar-refractivity contribution < 1.29 is 9.59 Å². The van der Waals surface area contributed by atoms with Gasteiger partial charge in [-0.3, -0.25) is 9.59 Å². The molecule has 3 rings (SSSR count). The summed E-state index contributed by atoms with van der Waals surface area (Å²) in [5, 5.41) is 4.08. The normalized spacial score (nSPS) is 14.3. The summed E-state index contributed by atoms with van der Waals surface area (Å²) in [6, 6.07) is 12.6. The highest BCUT2D eigenvalue weighted by molar-refractivity contribution is 7.99. The molecule has 1 aliphatic rings. The first-order valence-corrected chi connectivity index (χ1v) is 11.7. The number of amides is 2. The van der Waals surface area contributed by atoms with E-state index in [-0.39, 0.29) is 17.6 Å². The van der Waals surface area contributed by atoms with Crippen molar-refractivity contribution in [1.82, 2.24) is 4.90 Å². The Hall–Kier alpha value is -1.69. The van der Waals surface area contributed by atoms with Crippen LogP contribution in [0.25, 0.3) is 0 Å². The number of carbonyl (C=O) groups excluding carboxylic acids is 2. The van der Waals surface area contributed by atoms with Gasteiger partial charge in [-0.05, 0) is 42.7 Å². The van der Waals surface area contributed by atoms with E-state index < -0.39 is 0 Å². The molecule has 0 saturated carbocycles. The number of hydrogen-bond donors (Lipinski definition) is 1. The summed E-state index contributed by atoms with van der Waals surface area (Å²) >= 11 is 13.8. The fraction of sp³-hybridized carbons (Fsp3) is 0.364. The Bertz CT molecular complexity index is 847. The van der Waals surface area contributed by atoms with Crippen LogP contribution in [0.2, 0.25) is 10.0 Å². The Balaban J connectivity index is 1.60. The summed E-state index contributed by atoms with van der Waals surface area (Å²) in [6.45, 7) is 1.55. The standard InChI is InChI=1S/C22H24Cl2N2O2S/c23-18-9-7-10-19(24)17(18)14-29-15-21(27)25-20-11-4-3-8-16(20)22(28)26-12-5-1-2-6-13-26/h3-4,7-11H,1-2,5-6,12-15H2,(H,25,27). The molecule has 0 radical (unpaired) electrons. The number of nitrogens with one attached hydrogen (secondary N) is 1. The molecule has 154 valence electrons. The van der Waals surface area contributed by atoms with E-state index in [0.29, 0.717) is 27.0 Å². The number of benzene rings is 2.